The summed E-state index contributed by atoms with van der Waals surface area (Å²) < 4.78 is 2.27. The molecule has 0 spiro atoms. The lowest BCUT2D eigenvalue weighted by molar-refractivity contribution is -0.133. The van der Waals surface area contributed by atoms with Crippen molar-refractivity contribution in [1.82, 2.24) is 9.55 Å². The standard InChI is InChI=1S/C15H18N2O2S2/c1-20-13-8-4-7-12(13)17-11-6-3-2-5-10(11)16-15(17)21-9-14(18)19/h2-3,5-6,12-13H,4,7-9H2,1H3,(H,18,19). The molecule has 0 radical (unpaired) electrons. The number of hydrogen-bond acceptors (Lipinski definition) is 4. The fourth-order valence-electron chi connectivity index (χ4n) is 3.05. The summed E-state index contributed by atoms with van der Waals surface area (Å²) in [7, 11) is 0. The minimum absolute atomic E-state index is 0.0555. The van der Waals surface area contributed by atoms with Gasteiger partial charge in [-0.25, -0.2) is 4.98 Å². The molecular formula is C15H18N2O2S2. The van der Waals surface area contributed by atoms with Crippen molar-refractivity contribution in [2.75, 3.05) is 12.0 Å². The van der Waals surface area contributed by atoms with Crippen LogP contribution in [-0.2, 0) is 4.79 Å². The number of nitrogens with zero attached hydrogens (tertiary/aromatic N) is 2. The van der Waals surface area contributed by atoms with E-state index in [1.807, 2.05) is 30.0 Å². The highest BCUT2D eigenvalue weighted by atomic mass is 32.2. The van der Waals surface area contributed by atoms with Gasteiger partial charge in [0.05, 0.1) is 16.8 Å². The number of rotatable bonds is 5. The molecule has 1 heterocycles. The summed E-state index contributed by atoms with van der Waals surface area (Å²) in [6.07, 6.45) is 5.76. The molecule has 1 fully saturated rings. The van der Waals surface area contributed by atoms with Gasteiger partial charge in [0.1, 0.15) is 0 Å². The highest BCUT2D eigenvalue weighted by Crippen LogP contribution is 2.41. The van der Waals surface area contributed by atoms with Crippen molar-refractivity contribution < 1.29 is 9.90 Å². The van der Waals surface area contributed by atoms with Crippen molar-refractivity contribution in [1.29, 1.82) is 0 Å². The highest BCUT2D eigenvalue weighted by molar-refractivity contribution is 7.99. The molecule has 2 unspecified atom stereocenters. The molecule has 1 aromatic carbocycles. The number of benzene rings is 1. The Balaban J connectivity index is 2.04. The van der Waals surface area contributed by atoms with Crippen LogP contribution in [0.1, 0.15) is 25.3 Å². The number of aromatic nitrogens is 2. The average molecular weight is 322 g/mol. The third-order valence-corrected chi connectivity index (χ3v) is 6.03. The third kappa shape index (κ3) is 2.92. The van der Waals surface area contributed by atoms with Crippen LogP contribution < -0.4 is 0 Å². The molecule has 3 rings (SSSR count). The zero-order valence-corrected chi connectivity index (χ0v) is 13.5. The highest BCUT2D eigenvalue weighted by Gasteiger charge is 2.31. The minimum atomic E-state index is -0.800. The van der Waals surface area contributed by atoms with Gasteiger partial charge in [-0.2, -0.15) is 11.8 Å². The zero-order chi connectivity index (χ0) is 14.8. The van der Waals surface area contributed by atoms with Crippen LogP contribution in [0.4, 0.5) is 0 Å². The van der Waals surface area contributed by atoms with Crippen LogP contribution >= 0.6 is 23.5 Å². The molecule has 4 nitrogen and oxygen atoms in total. The van der Waals surface area contributed by atoms with Gasteiger partial charge in [0.15, 0.2) is 5.16 Å². The van der Waals surface area contributed by atoms with Gasteiger partial charge in [-0.1, -0.05) is 30.3 Å². The Kier molecular flexibility index (Phi) is 4.45. The van der Waals surface area contributed by atoms with E-state index in [4.69, 9.17) is 5.11 Å². The summed E-state index contributed by atoms with van der Waals surface area (Å²) in [6, 6.07) is 8.51. The summed E-state index contributed by atoms with van der Waals surface area (Å²) in [4.78, 5) is 15.5. The van der Waals surface area contributed by atoms with Gasteiger partial charge in [-0.15, -0.1) is 0 Å². The topological polar surface area (TPSA) is 55.1 Å². The molecule has 6 heteroatoms. The van der Waals surface area contributed by atoms with Crippen molar-refractivity contribution in [2.24, 2.45) is 0 Å². The van der Waals surface area contributed by atoms with E-state index in [0.717, 1.165) is 22.6 Å². The second-order valence-corrected chi connectivity index (χ2v) is 7.23. The fourth-order valence-corrected chi connectivity index (χ4v) is 4.81. The van der Waals surface area contributed by atoms with Crippen molar-refractivity contribution in [2.45, 2.75) is 35.7 Å². The normalized spacial score (nSPS) is 22.0. The summed E-state index contributed by atoms with van der Waals surface area (Å²) in [5.74, 6) is -0.744. The van der Waals surface area contributed by atoms with Gasteiger partial charge in [0.2, 0.25) is 0 Å². The molecule has 1 saturated carbocycles. The van der Waals surface area contributed by atoms with Crippen LogP contribution in [0.5, 0.6) is 0 Å². The van der Waals surface area contributed by atoms with Crippen molar-refractivity contribution in [3.05, 3.63) is 24.3 Å². The summed E-state index contributed by atoms with van der Waals surface area (Å²) in [5, 5.41) is 10.4. The number of para-hydroxylation sites is 2. The summed E-state index contributed by atoms with van der Waals surface area (Å²) >= 11 is 3.23. The van der Waals surface area contributed by atoms with Crippen molar-refractivity contribution >= 4 is 40.5 Å². The van der Waals surface area contributed by atoms with E-state index in [0.29, 0.717) is 11.3 Å². The lowest BCUT2D eigenvalue weighted by atomic mass is 10.2. The van der Waals surface area contributed by atoms with E-state index in [9.17, 15) is 4.79 Å². The smallest absolute Gasteiger partial charge is 0.313 e. The Bertz CT molecular complexity index is 656. The Morgan fingerprint density at radius 1 is 1.43 bits per heavy atom. The Hall–Kier alpha value is -1.14. The van der Waals surface area contributed by atoms with E-state index < -0.39 is 5.97 Å². The third-order valence-electron chi connectivity index (χ3n) is 3.94. The van der Waals surface area contributed by atoms with Crippen LogP contribution in [0.25, 0.3) is 11.0 Å². The van der Waals surface area contributed by atoms with E-state index in [2.05, 4.69) is 21.9 Å². The molecule has 2 atom stereocenters. The lowest BCUT2D eigenvalue weighted by Crippen LogP contribution is -2.17. The van der Waals surface area contributed by atoms with Crippen LogP contribution in [0, 0.1) is 0 Å². The quantitative estimate of drug-likeness (QED) is 0.851. The first-order chi connectivity index (χ1) is 10.2. The minimum Gasteiger partial charge on any atom is -0.481 e. The molecule has 0 aliphatic heterocycles. The van der Waals surface area contributed by atoms with Crippen molar-refractivity contribution in [3.63, 3.8) is 0 Å². The van der Waals surface area contributed by atoms with E-state index >= 15 is 0 Å². The van der Waals surface area contributed by atoms with E-state index in [1.165, 1.54) is 24.6 Å². The summed E-state index contributed by atoms with van der Waals surface area (Å²) in [6.45, 7) is 0. The number of fused-ring (bicyclic) bond motifs is 1. The van der Waals surface area contributed by atoms with Gasteiger partial charge in [0.25, 0.3) is 0 Å². The van der Waals surface area contributed by atoms with E-state index in [-0.39, 0.29) is 5.75 Å². The molecule has 112 valence electrons. The SMILES string of the molecule is CSC1CCCC1n1c(SCC(=O)O)nc2ccccc21. The molecule has 2 aromatic rings. The predicted octanol–water partition coefficient (Wildman–Crippen LogP) is 3.67. The maximum atomic E-state index is 10.9. The number of carbonyl (C=O) groups is 1. The van der Waals surface area contributed by atoms with E-state index in [1.54, 1.807) is 0 Å². The molecule has 0 saturated heterocycles. The van der Waals surface area contributed by atoms with Gasteiger partial charge in [-0.3, -0.25) is 4.79 Å². The maximum absolute atomic E-state index is 10.9. The molecule has 1 N–H and O–H groups in total. The second kappa shape index (κ2) is 6.32. The molecule has 21 heavy (non-hydrogen) atoms. The van der Waals surface area contributed by atoms with Crippen LogP contribution in [0.3, 0.4) is 0 Å². The van der Waals surface area contributed by atoms with Gasteiger partial charge in [0, 0.05) is 11.3 Å². The van der Waals surface area contributed by atoms with Crippen LogP contribution in [-0.4, -0.2) is 37.9 Å². The Morgan fingerprint density at radius 3 is 3.00 bits per heavy atom. The van der Waals surface area contributed by atoms with Gasteiger partial charge >= 0.3 is 5.97 Å². The maximum Gasteiger partial charge on any atom is 0.313 e. The first kappa shape index (κ1) is 14.8. The lowest BCUT2D eigenvalue weighted by Gasteiger charge is -2.22. The average Bonchev–Trinajstić information content (AvgIpc) is 3.07. The number of aliphatic carboxylic acids is 1. The molecule has 1 aromatic heterocycles. The molecule has 1 aliphatic rings. The van der Waals surface area contributed by atoms with Crippen LogP contribution in [0.2, 0.25) is 0 Å². The summed E-state index contributed by atoms with van der Waals surface area (Å²) in [5.41, 5.74) is 2.08. The first-order valence-corrected chi connectivity index (χ1v) is 9.32. The van der Waals surface area contributed by atoms with Crippen LogP contribution in [0.15, 0.2) is 29.4 Å². The first-order valence-electron chi connectivity index (χ1n) is 7.05. The second-order valence-electron chi connectivity index (χ2n) is 5.21. The number of carboxylic acid groups (broad SMARTS) is 1. The zero-order valence-electron chi connectivity index (χ0n) is 11.9. The monoisotopic (exact) mass is 322 g/mol. The molecular weight excluding hydrogens is 304 g/mol. The number of imidazole rings is 1. The van der Waals surface area contributed by atoms with Gasteiger partial charge < -0.3 is 9.67 Å². The number of thioether (sulfide) groups is 2. The number of carboxylic acids is 1. The Morgan fingerprint density at radius 2 is 2.24 bits per heavy atom. The largest absolute Gasteiger partial charge is 0.481 e. The van der Waals surface area contributed by atoms with Crippen molar-refractivity contribution in [3.8, 4) is 0 Å². The predicted molar refractivity (Wildman–Crippen MR) is 88.3 cm³/mol. The van der Waals surface area contributed by atoms with Gasteiger partial charge in [-0.05, 0) is 31.2 Å². The molecule has 1 aliphatic carbocycles. The molecule has 0 amide bonds. The Labute approximate surface area is 132 Å². The molecule has 0 bridgehead atoms. The number of hydrogen-bond donors (Lipinski definition) is 1. The fraction of sp³-hybridized carbons (Fsp3) is 0.467.